The molecule has 16 heavy (non-hydrogen) atoms. The van der Waals surface area contributed by atoms with Gasteiger partial charge in [-0.25, -0.2) is 0 Å². The number of nitrogens with one attached hydrogen (secondary N) is 2. The van der Waals surface area contributed by atoms with Crippen LogP contribution in [-0.2, 0) is 11.3 Å². The molecule has 0 radical (unpaired) electrons. The molecule has 1 fully saturated rings. The van der Waals surface area contributed by atoms with Gasteiger partial charge in [-0.3, -0.25) is 4.79 Å². The number of benzene rings is 1. The predicted octanol–water partition coefficient (Wildman–Crippen LogP) is 0.673. The highest BCUT2D eigenvalue weighted by molar-refractivity contribution is 5.78. The van der Waals surface area contributed by atoms with Gasteiger partial charge in [-0.15, -0.1) is 0 Å². The van der Waals surface area contributed by atoms with Crippen LogP contribution in [0.4, 0.5) is 0 Å². The number of ether oxygens (including phenoxy) is 1. The molecule has 1 heterocycles. The molecule has 1 amide bonds. The molecule has 0 aliphatic carbocycles. The molecule has 1 unspecified atom stereocenters. The molecule has 0 spiro atoms. The van der Waals surface area contributed by atoms with Crippen molar-refractivity contribution in [2.24, 2.45) is 0 Å². The lowest BCUT2D eigenvalue weighted by Gasteiger charge is -2.10. The van der Waals surface area contributed by atoms with E-state index in [1.165, 1.54) is 5.56 Å². The highest BCUT2D eigenvalue weighted by Gasteiger charge is 2.20. The normalized spacial score (nSPS) is 19.6. The topological polar surface area (TPSA) is 50.4 Å². The number of hydrogen-bond acceptors (Lipinski definition) is 3. The molecule has 1 aliphatic rings. The zero-order valence-electron chi connectivity index (χ0n) is 9.32. The van der Waals surface area contributed by atoms with Gasteiger partial charge < -0.3 is 15.4 Å². The fraction of sp³-hybridized carbons (Fsp3) is 0.417. The number of amides is 1. The maximum Gasteiger partial charge on any atom is 0.221 e. The van der Waals surface area contributed by atoms with Gasteiger partial charge in [0, 0.05) is 25.6 Å². The maximum atomic E-state index is 11.0. The van der Waals surface area contributed by atoms with E-state index in [0.717, 1.165) is 18.8 Å². The number of methoxy groups -OCH3 is 1. The van der Waals surface area contributed by atoms with Crippen molar-refractivity contribution in [2.45, 2.75) is 19.0 Å². The summed E-state index contributed by atoms with van der Waals surface area (Å²) in [6, 6.07) is 8.19. The second-order valence-electron chi connectivity index (χ2n) is 3.93. The molecule has 0 saturated carbocycles. The summed E-state index contributed by atoms with van der Waals surface area (Å²) in [5, 5.41) is 6.14. The standard InChI is InChI=1S/C12H16N2O2/c1-16-11-4-2-9(3-5-11)7-13-10-6-12(15)14-8-10/h2-5,10,13H,6-8H2,1H3,(H,14,15). The van der Waals surface area contributed by atoms with Crippen LogP contribution in [0, 0.1) is 0 Å². The van der Waals surface area contributed by atoms with E-state index < -0.39 is 0 Å². The van der Waals surface area contributed by atoms with Gasteiger partial charge in [0.25, 0.3) is 0 Å². The van der Waals surface area contributed by atoms with E-state index in [1.54, 1.807) is 7.11 Å². The highest BCUT2D eigenvalue weighted by Crippen LogP contribution is 2.11. The molecule has 2 rings (SSSR count). The van der Waals surface area contributed by atoms with Crippen molar-refractivity contribution < 1.29 is 9.53 Å². The van der Waals surface area contributed by atoms with Gasteiger partial charge in [-0.1, -0.05) is 12.1 Å². The third kappa shape index (κ3) is 2.73. The maximum absolute atomic E-state index is 11.0. The predicted molar refractivity (Wildman–Crippen MR) is 61.2 cm³/mol. The van der Waals surface area contributed by atoms with Crippen molar-refractivity contribution >= 4 is 5.91 Å². The third-order valence-electron chi connectivity index (χ3n) is 2.73. The molecule has 2 N–H and O–H groups in total. The van der Waals surface area contributed by atoms with E-state index in [0.29, 0.717) is 6.42 Å². The molecule has 86 valence electrons. The Hall–Kier alpha value is -1.55. The van der Waals surface area contributed by atoms with Crippen molar-refractivity contribution in [3.8, 4) is 5.75 Å². The first kappa shape index (κ1) is 11.0. The van der Waals surface area contributed by atoms with Crippen molar-refractivity contribution in [1.29, 1.82) is 0 Å². The molecule has 1 atom stereocenters. The number of carbonyl (C=O) groups is 1. The Morgan fingerprint density at radius 2 is 2.19 bits per heavy atom. The summed E-state index contributed by atoms with van der Waals surface area (Å²) in [5.74, 6) is 0.994. The first-order valence-electron chi connectivity index (χ1n) is 5.41. The first-order valence-corrected chi connectivity index (χ1v) is 5.41. The Morgan fingerprint density at radius 1 is 1.44 bits per heavy atom. The number of hydrogen-bond donors (Lipinski definition) is 2. The van der Waals surface area contributed by atoms with E-state index in [-0.39, 0.29) is 11.9 Å². The van der Waals surface area contributed by atoms with Crippen molar-refractivity contribution in [1.82, 2.24) is 10.6 Å². The van der Waals surface area contributed by atoms with Crippen LogP contribution in [0.5, 0.6) is 5.75 Å². The van der Waals surface area contributed by atoms with E-state index >= 15 is 0 Å². The molecule has 1 saturated heterocycles. The second-order valence-corrected chi connectivity index (χ2v) is 3.93. The fourth-order valence-corrected chi connectivity index (χ4v) is 1.76. The van der Waals surface area contributed by atoms with Crippen LogP contribution in [-0.4, -0.2) is 25.6 Å². The summed E-state index contributed by atoms with van der Waals surface area (Å²) in [7, 11) is 1.66. The molecule has 1 aromatic carbocycles. The minimum Gasteiger partial charge on any atom is -0.497 e. The van der Waals surface area contributed by atoms with E-state index in [2.05, 4.69) is 10.6 Å². The quantitative estimate of drug-likeness (QED) is 0.784. The van der Waals surface area contributed by atoms with E-state index in [9.17, 15) is 4.79 Å². The summed E-state index contributed by atoms with van der Waals surface area (Å²) in [6.45, 7) is 1.51. The molecule has 4 heteroatoms. The smallest absolute Gasteiger partial charge is 0.221 e. The zero-order chi connectivity index (χ0) is 11.4. The van der Waals surface area contributed by atoms with Gasteiger partial charge in [0.2, 0.25) is 5.91 Å². The van der Waals surface area contributed by atoms with Crippen LogP contribution in [0.15, 0.2) is 24.3 Å². The van der Waals surface area contributed by atoms with Gasteiger partial charge in [-0.05, 0) is 17.7 Å². The number of rotatable bonds is 4. The van der Waals surface area contributed by atoms with Gasteiger partial charge in [-0.2, -0.15) is 0 Å². The minimum atomic E-state index is 0.132. The van der Waals surface area contributed by atoms with Crippen LogP contribution in [0.1, 0.15) is 12.0 Å². The molecule has 0 bridgehead atoms. The minimum absolute atomic E-state index is 0.132. The molecular formula is C12H16N2O2. The summed E-state index contributed by atoms with van der Waals surface area (Å²) in [4.78, 5) is 11.0. The van der Waals surface area contributed by atoms with E-state index in [4.69, 9.17) is 4.74 Å². The zero-order valence-corrected chi connectivity index (χ0v) is 9.32. The Kier molecular flexibility index (Phi) is 3.41. The van der Waals surface area contributed by atoms with Crippen molar-refractivity contribution in [2.75, 3.05) is 13.7 Å². The SMILES string of the molecule is COc1ccc(CNC2CNC(=O)C2)cc1. The Bertz CT molecular complexity index is 362. The first-order chi connectivity index (χ1) is 7.78. The van der Waals surface area contributed by atoms with Gasteiger partial charge in [0.1, 0.15) is 5.75 Å². The van der Waals surface area contributed by atoms with Gasteiger partial charge >= 0.3 is 0 Å². The Morgan fingerprint density at radius 3 is 2.75 bits per heavy atom. The summed E-state index contributed by atoms with van der Waals surface area (Å²) in [6.07, 6.45) is 0.580. The lowest BCUT2D eigenvalue weighted by Crippen LogP contribution is -2.30. The van der Waals surface area contributed by atoms with Gasteiger partial charge in [0.05, 0.1) is 7.11 Å². The van der Waals surface area contributed by atoms with Crippen LogP contribution in [0.3, 0.4) is 0 Å². The molecule has 1 aromatic rings. The summed E-state index contributed by atoms with van der Waals surface area (Å²) >= 11 is 0. The molecule has 4 nitrogen and oxygen atoms in total. The average Bonchev–Trinajstić information content (AvgIpc) is 2.73. The fourth-order valence-electron chi connectivity index (χ4n) is 1.76. The number of carbonyl (C=O) groups excluding carboxylic acids is 1. The molecule has 0 aromatic heterocycles. The monoisotopic (exact) mass is 220 g/mol. The molecular weight excluding hydrogens is 204 g/mol. The Labute approximate surface area is 95.0 Å². The van der Waals surface area contributed by atoms with Crippen molar-refractivity contribution in [3.63, 3.8) is 0 Å². The third-order valence-corrected chi connectivity index (χ3v) is 2.73. The highest BCUT2D eigenvalue weighted by atomic mass is 16.5. The summed E-state index contributed by atoms with van der Waals surface area (Å²) in [5.41, 5.74) is 1.19. The van der Waals surface area contributed by atoms with Crippen LogP contribution >= 0.6 is 0 Å². The second kappa shape index (κ2) is 4.99. The lowest BCUT2D eigenvalue weighted by molar-refractivity contribution is -0.119. The van der Waals surface area contributed by atoms with Gasteiger partial charge in [0.15, 0.2) is 0 Å². The van der Waals surface area contributed by atoms with Crippen LogP contribution in [0.2, 0.25) is 0 Å². The van der Waals surface area contributed by atoms with Crippen LogP contribution in [0.25, 0.3) is 0 Å². The van der Waals surface area contributed by atoms with Crippen molar-refractivity contribution in [3.05, 3.63) is 29.8 Å². The van der Waals surface area contributed by atoms with Crippen LogP contribution < -0.4 is 15.4 Å². The largest absolute Gasteiger partial charge is 0.497 e. The Balaban J connectivity index is 1.82. The summed E-state index contributed by atoms with van der Waals surface area (Å²) < 4.78 is 5.09. The lowest BCUT2D eigenvalue weighted by atomic mass is 10.2. The van der Waals surface area contributed by atoms with E-state index in [1.807, 2.05) is 24.3 Å². The average molecular weight is 220 g/mol. The molecule has 1 aliphatic heterocycles.